The second-order valence-corrected chi connectivity index (χ2v) is 6.91. The molecule has 2 aliphatic rings. The van der Waals surface area contributed by atoms with Crippen LogP contribution in [0, 0.1) is 23.6 Å². The highest BCUT2D eigenvalue weighted by Crippen LogP contribution is 2.42. The first-order chi connectivity index (χ1) is 11.0. The highest BCUT2D eigenvalue weighted by molar-refractivity contribution is 5.94. The lowest BCUT2D eigenvalue weighted by atomic mass is 9.65. The highest BCUT2D eigenvalue weighted by atomic mass is 19.1. The predicted molar refractivity (Wildman–Crippen MR) is 87.9 cm³/mol. The summed E-state index contributed by atoms with van der Waals surface area (Å²) in [4.78, 5) is 14.4. The normalized spacial score (nSPS) is 29.9. The Morgan fingerprint density at radius 1 is 1.30 bits per heavy atom. The zero-order valence-corrected chi connectivity index (χ0v) is 13.8. The van der Waals surface area contributed by atoms with E-state index in [1.54, 1.807) is 24.1 Å². The molecular weight excluding hydrogens is 295 g/mol. The summed E-state index contributed by atoms with van der Waals surface area (Å²) in [6.45, 7) is 0. The maximum absolute atomic E-state index is 13.9. The maximum atomic E-state index is 13.9. The third kappa shape index (κ3) is 3.07. The Bertz CT molecular complexity index is 578. The van der Waals surface area contributed by atoms with Crippen LogP contribution in [0.25, 0.3) is 0 Å². The van der Waals surface area contributed by atoms with E-state index < -0.39 is 5.82 Å². The summed E-state index contributed by atoms with van der Waals surface area (Å²) in [7, 11) is 3.14. The number of methoxy groups -OCH3 is 1. The van der Waals surface area contributed by atoms with Crippen LogP contribution in [0.1, 0.15) is 32.1 Å². The number of nitrogens with zero attached hydrogens (tertiary/aromatic N) is 1. The van der Waals surface area contributed by atoms with Crippen molar-refractivity contribution in [2.45, 2.75) is 38.1 Å². The first kappa shape index (κ1) is 16.2. The monoisotopic (exact) mass is 320 g/mol. The Hall–Kier alpha value is -1.62. The van der Waals surface area contributed by atoms with Crippen molar-refractivity contribution in [2.24, 2.45) is 23.5 Å². The average molecular weight is 320 g/mol. The number of amides is 1. The van der Waals surface area contributed by atoms with Gasteiger partial charge in [-0.2, -0.15) is 0 Å². The van der Waals surface area contributed by atoms with E-state index in [2.05, 4.69) is 0 Å². The molecule has 1 amide bonds. The van der Waals surface area contributed by atoms with Gasteiger partial charge < -0.3 is 15.4 Å². The van der Waals surface area contributed by atoms with Crippen LogP contribution in [0.15, 0.2) is 18.2 Å². The van der Waals surface area contributed by atoms with Gasteiger partial charge in [-0.1, -0.05) is 6.42 Å². The van der Waals surface area contributed by atoms with E-state index in [0.29, 0.717) is 17.5 Å². The first-order valence-corrected chi connectivity index (χ1v) is 8.38. The van der Waals surface area contributed by atoms with Gasteiger partial charge in [0.2, 0.25) is 5.91 Å². The zero-order valence-electron chi connectivity index (χ0n) is 13.8. The Balaban J connectivity index is 1.73. The molecule has 2 N–H and O–H groups in total. The van der Waals surface area contributed by atoms with Gasteiger partial charge >= 0.3 is 0 Å². The molecule has 2 fully saturated rings. The summed E-state index contributed by atoms with van der Waals surface area (Å²) < 4.78 is 18.8. The van der Waals surface area contributed by atoms with Gasteiger partial charge in [-0.3, -0.25) is 4.79 Å². The topological polar surface area (TPSA) is 55.6 Å². The van der Waals surface area contributed by atoms with Crippen LogP contribution >= 0.6 is 0 Å². The minimum atomic E-state index is -0.452. The highest BCUT2D eigenvalue weighted by Gasteiger charge is 2.41. The van der Waals surface area contributed by atoms with Crippen LogP contribution in [0.3, 0.4) is 0 Å². The summed E-state index contributed by atoms with van der Waals surface area (Å²) >= 11 is 0. The minimum absolute atomic E-state index is 0.000243. The van der Waals surface area contributed by atoms with E-state index in [1.807, 2.05) is 0 Å². The molecule has 0 aliphatic heterocycles. The zero-order chi connectivity index (χ0) is 16.6. The Labute approximate surface area is 136 Å². The van der Waals surface area contributed by atoms with Crippen molar-refractivity contribution in [2.75, 3.05) is 19.1 Å². The van der Waals surface area contributed by atoms with Crippen molar-refractivity contribution >= 4 is 11.6 Å². The lowest BCUT2D eigenvalue weighted by molar-refractivity contribution is -0.124. The molecule has 4 nitrogen and oxygen atoms in total. The molecule has 126 valence electrons. The van der Waals surface area contributed by atoms with E-state index in [4.69, 9.17) is 10.5 Å². The van der Waals surface area contributed by atoms with E-state index in [9.17, 15) is 9.18 Å². The number of nitrogens with two attached hydrogens (primary N) is 1. The Morgan fingerprint density at radius 2 is 1.96 bits per heavy atom. The number of hydrogen-bond donors (Lipinski definition) is 1. The standard InChI is InChI=1S/C18H25FN2O2/c1-21(14-6-7-16(23-2)15(19)10-14)18(22)13-8-11-4-3-5-12(9-13)17(11)20/h6-7,10-13,17H,3-5,8-9,20H2,1-2H3. The number of rotatable bonds is 3. The van der Waals surface area contributed by atoms with E-state index in [0.717, 1.165) is 25.7 Å². The van der Waals surface area contributed by atoms with Gasteiger partial charge in [-0.15, -0.1) is 0 Å². The number of anilines is 1. The van der Waals surface area contributed by atoms with Gasteiger partial charge in [-0.25, -0.2) is 4.39 Å². The number of hydrogen-bond acceptors (Lipinski definition) is 3. The summed E-state index contributed by atoms with van der Waals surface area (Å²) in [5, 5.41) is 0. The van der Waals surface area contributed by atoms with Gasteiger partial charge in [0.15, 0.2) is 11.6 Å². The summed E-state index contributed by atoms with van der Waals surface area (Å²) in [6.07, 6.45) is 5.20. The molecule has 2 bridgehead atoms. The molecule has 0 aromatic heterocycles. The molecule has 23 heavy (non-hydrogen) atoms. The molecule has 0 radical (unpaired) electrons. The van der Waals surface area contributed by atoms with E-state index in [-0.39, 0.29) is 23.6 Å². The van der Waals surface area contributed by atoms with Crippen LogP contribution in [-0.4, -0.2) is 26.1 Å². The number of carbonyl (C=O) groups excluding carboxylic acids is 1. The first-order valence-electron chi connectivity index (χ1n) is 8.38. The van der Waals surface area contributed by atoms with Crippen molar-refractivity contribution in [1.29, 1.82) is 0 Å². The SMILES string of the molecule is COc1ccc(N(C)C(=O)C2CC3CCCC(C2)C3N)cc1F. The van der Waals surface area contributed by atoms with Crippen molar-refractivity contribution in [1.82, 2.24) is 0 Å². The van der Waals surface area contributed by atoms with Crippen LogP contribution in [0.2, 0.25) is 0 Å². The van der Waals surface area contributed by atoms with Crippen LogP contribution in [-0.2, 0) is 4.79 Å². The van der Waals surface area contributed by atoms with E-state index in [1.165, 1.54) is 19.6 Å². The number of carbonyl (C=O) groups is 1. The van der Waals surface area contributed by atoms with Crippen LogP contribution in [0.4, 0.5) is 10.1 Å². The molecule has 0 heterocycles. The fourth-order valence-electron chi connectivity index (χ4n) is 4.26. The lowest BCUT2D eigenvalue weighted by Crippen LogP contribution is -2.49. The van der Waals surface area contributed by atoms with Crippen molar-refractivity contribution in [3.05, 3.63) is 24.0 Å². The summed E-state index contributed by atoms with van der Waals surface area (Å²) in [6, 6.07) is 4.87. The average Bonchev–Trinajstić information content (AvgIpc) is 2.53. The molecule has 5 heteroatoms. The third-order valence-electron chi connectivity index (χ3n) is 5.62. The lowest BCUT2D eigenvalue weighted by Gasteiger charge is -2.44. The molecule has 2 aliphatic carbocycles. The number of ether oxygens (including phenoxy) is 1. The predicted octanol–water partition coefficient (Wildman–Crippen LogP) is 2.95. The molecule has 2 saturated carbocycles. The minimum Gasteiger partial charge on any atom is -0.494 e. The van der Waals surface area contributed by atoms with Gasteiger partial charge in [0, 0.05) is 30.8 Å². The number of halogens is 1. The second kappa shape index (κ2) is 6.48. The van der Waals surface area contributed by atoms with Crippen molar-refractivity contribution < 1.29 is 13.9 Å². The van der Waals surface area contributed by atoms with Gasteiger partial charge in [0.25, 0.3) is 0 Å². The molecular formula is C18H25FN2O2. The molecule has 2 atom stereocenters. The molecule has 2 unspecified atom stereocenters. The molecule has 0 spiro atoms. The maximum Gasteiger partial charge on any atom is 0.229 e. The molecule has 1 aromatic rings. The fourth-order valence-corrected chi connectivity index (χ4v) is 4.26. The van der Waals surface area contributed by atoms with Crippen molar-refractivity contribution in [3.8, 4) is 5.75 Å². The Kier molecular flexibility index (Phi) is 4.57. The summed E-state index contributed by atoms with van der Waals surface area (Å²) in [5.74, 6) is 0.716. The van der Waals surface area contributed by atoms with Crippen LogP contribution < -0.4 is 15.4 Å². The van der Waals surface area contributed by atoms with E-state index >= 15 is 0 Å². The quantitative estimate of drug-likeness (QED) is 0.931. The van der Waals surface area contributed by atoms with Crippen LogP contribution in [0.5, 0.6) is 5.75 Å². The second-order valence-electron chi connectivity index (χ2n) is 6.91. The van der Waals surface area contributed by atoms with Gasteiger partial charge in [-0.05, 0) is 49.7 Å². The molecule has 3 rings (SSSR count). The largest absolute Gasteiger partial charge is 0.494 e. The smallest absolute Gasteiger partial charge is 0.229 e. The summed E-state index contributed by atoms with van der Waals surface area (Å²) in [5.41, 5.74) is 6.86. The number of benzene rings is 1. The fraction of sp³-hybridized carbons (Fsp3) is 0.611. The Morgan fingerprint density at radius 3 is 2.52 bits per heavy atom. The molecule has 1 aromatic carbocycles. The molecule has 0 saturated heterocycles. The number of fused-ring (bicyclic) bond motifs is 2. The van der Waals surface area contributed by atoms with Gasteiger partial charge in [0.1, 0.15) is 0 Å². The third-order valence-corrected chi connectivity index (χ3v) is 5.62. The van der Waals surface area contributed by atoms with Crippen molar-refractivity contribution in [3.63, 3.8) is 0 Å². The van der Waals surface area contributed by atoms with Gasteiger partial charge in [0.05, 0.1) is 7.11 Å².